The number of hydrogen-bond acceptors (Lipinski definition) is 1. The maximum atomic E-state index is 6.09. The van der Waals surface area contributed by atoms with Gasteiger partial charge in [0.05, 0.1) is 0 Å². The van der Waals surface area contributed by atoms with E-state index in [2.05, 4.69) is 92.8 Å². The molecule has 0 saturated carbocycles. The maximum absolute atomic E-state index is 6.09. The molecule has 0 aliphatic rings. The second-order valence-corrected chi connectivity index (χ2v) is 7.59. The molecule has 2 heteroatoms. The zero-order valence-corrected chi connectivity index (χ0v) is 15.4. The van der Waals surface area contributed by atoms with Crippen LogP contribution >= 0.6 is 22.6 Å². The monoisotopic (exact) mass is 394 g/mol. The van der Waals surface area contributed by atoms with Crippen molar-refractivity contribution >= 4 is 22.6 Å². The average molecular weight is 394 g/mol. The third-order valence-electron chi connectivity index (χ3n) is 3.57. The van der Waals surface area contributed by atoms with Crippen molar-refractivity contribution < 1.29 is 4.74 Å². The van der Waals surface area contributed by atoms with Gasteiger partial charge in [0.2, 0.25) is 0 Å². The Kier molecular flexibility index (Phi) is 5.31. The van der Waals surface area contributed by atoms with Gasteiger partial charge < -0.3 is 4.74 Å². The van der Waals surface area contributed by atoms with Crippen molar-refractivity contribution in [1.82, 2.24) is 0 Å². The van der Waals surface area contributed by atoms with Crippen LogP contribution in [0.5, 0.6) is 5.75 Å². The van der Waals surface area contributed by atoms with Crippen LogP contribution in [0, 0.1) is 3.57 Å². The van der Waals surface area contributed by atoms with E-state index in [9.17, 15) is 0 Å². The maximum Gasteiger partial charge on any atom is 0.123 e. The van der Waals surface area contributed by atoms with Crippen LogP contribution in [0.3, 0.4) is 0 Å². The number of rotatable bonds is 4. The number of ether oxygens (including phenoxy) is 1. The molecule has 0 bridgehead atoms. The molecule has 0 fully saturated rings. The van der Waals surface area contributed by atoms with Gasteiger partial charge in [-0.15, -0.1) is 0 Å². The molecule has 2 aromatic carbocycles. The number of benzene rings is 2. The minimum absolute atomic E-state index is 0.0899. The van der Waals surface area contributed by atoms with Gasteiger partial charge in [0.15, 0.2) is 0 Å². The molecule has 2 rings (SSSR count). The number of hydrogen-bond donors (Lipinski definition) is 0. The predicted octanol–water partition coefficient (Wildman–Crippen LogP) is 5.73. The van der Waals surface area contributed by atoms with Crippen molar-refractivity contribution in [3.63, 3.8) is 0 Å². The van der Waals surface area contributed by atoms with Crippen LogP contribution in [0.25, 0.3) is 0 Å². The van der Waals surface area contributed by atoms with E-state index in [1.165, 1.54) is 20.3 Å². The molecule has 0 spiro atoms. The van der Waals surface area contributed by atoms with Crippen LogP contribution < -0.4 is 4.74 Å². The SMILES string of the molecule is CCc1ccc(OCc2ccc(I)cc2)c(C(C)(C)C)c1. The summed E-state index contributed by atoms with van der Waals surface area (Å²) in [4.78, 5) is 0. The Morgan fingerprint density at radius 1 is 0.952 bits per heavy atom. The van der Waals surface area contributed by atoms with Crippen LogP contribution in [0.4, 0.5) is 0 Å². The largest absolute Gasteiger partial charge is 0.489 e. The van der Waals surface area contributed by atoms with Gasteiger partial charge in [0, 0.05) is 3.57 Å². The third kappa shape index (κ3) is 4.47. The van der Waals surface area contributed by atoms with E-state index < -0.39 is 0 Å². The Hall–Kier alpha value is -1.03. The van der Waals surface area contributed by atoms with Crippen LogP contribution in [-0.4, -0.2) is 0 Å². The number of halogens is 1. The van der Waals surface area contributed by atoms with Crippen molar-refractivity contribution in [2.75, 3.05) is 0 Å². The van der Waals surface area contributed by atoms with Gasteiger partial charge in [0.25, 0.3) is 0 Å². The van der Waals surface area contributed by atoms with Gasteiger partial charge in [-0.2, -0.15) is 0 Å². The summed E-state index contributed by atoms with van der Waals surface area (Å²) in [5, 5.41) is 0. The molecule has 0 N–H and O–H groups in total. The average Bonchev–Trinajstić information content (AvgIpc) is 2.45. The van der Waals surface area contributed by atoms with E-state index in [0.717, 1.165) is 12.2 Å². The lowest BCUT2D eigenvalue weighted by Gasteiger charge is -2.23. The molecule has 21 heavy (non-hydrogen) atoms. The highest BCUT2D eigenvalue weighted by Gasteiger charge is 2.19. The van der Waals surface area contributed by atoms with Crippen LogP contribution in [0.1, 0.15) is 44.4 Å². The lowest BCUT2D eigenvalue weighted by Crippen LogP contribution is -2.14. The first kappa shape index (κ1) is 16.3. The molecule has 0 aliphatic carbocycles. The van der Waals surface area contributed by atoms with Crippen molar-refractivity contribution in [3.05, 3.63) is 62.7 Å². The van der Waals surface area contributed by atoms with Crippen molar-refractivity contribution in [2.45, 2.75) is 46.1 Å². The molecule has 0 atom stereocenters. The minimum atomic E-state index is 0.0899. The standard InChI is InChI=1S/C19H23IO/c1-5-14-8-11-18(17(12-14)19(2,3)4)21-13-15-6-9-16(20)10-7-15/h6-12H,5,13H2,1-4H3. The van der Waals surface area contributed by atoms with Crippen molar-refractivity contribution in [3.8, 4) is 5.75 Å². The van der Waals surface area contributed by atoms with Crippen molar-refractivity contribution in [2.24, 2.45) is 0 Å². The quantitative estimate of drug-likeness (QED) is 0.602. The molecular weight excluding hydrogens is 371 g/mol. The zero-order valence-electron chi connectivity index (χ0n) is 13.2. The summed E-state index contributed by atoms with van der Waals surface area (Å²) < 4.78 is 7.34. The lowest BCUT2D eigenvalue weighted by atomic mass is 9.85. The Morgan fingerprint density at radius 2 is 1.57 bits per heavy atom. The van der Waals surface area contributed by atoms with E-state index in [1.807, 2.05) is 0 Å². The van der Waals surface area contributed by atoms with E-state index >= 15 is 0 Å². The number of aryl methyl sites for hydroxylation is 1. The Balaban J connectivity index is 2.21. The summed E-state index contributed by atoms with van der Waals surface area (Å²) in [5.41, 5.74) is 3.94. The first-order valence-corrected chi connectivity index (χ1v) is 8.48. The molecular formula is C19H23IO. The summed E-state index contributed by atoms with van der Waals surface area (Å²) in [6, 6.07) is 15.0. The van der Waals surface area contributed by atoms with Crippen LogP contribution in [-0.2, 0) is 18.4 Å². The molecule has 0 unspecified atom stereocenters. The molecule has 2 aromatic rings. The van der Waals surface area contributed by atoms with Gasteiger partial charge >= 0.3 is 0 Å². The molecule has 0 aliphatic heterocycles. The predicted molar refractivity (Wildman–Crippen MR) is 98.0 cm³/mol. The molecule has 112 valence electrons. The van der Waals surface area contributed by atoms with E-state index in [0.29, 0.717) is 6.61 Å². The Morgan fingerprint density at radius 3 is 2.14 bits per heavy atom. The fourth-order valence-corrected chi connectivity index (χ4v) is 2.61. The first-order valence-electron chi connectivity index (χ1n) is 7.41. The topological polar surface area (TPSA) is 9.23 Å². The van der Waals surface area contributed by atoms with Crippen LogP contribution in [0.2, 0.25) is 0 Å². The minimum Gasteiger partial charge on any atom is -0.489 e. The van der Waals surface area contributed by atoms with Gasteiger partial charge in [0.1, 0.15) is 12.4 Å². The lowest BCUT2D eigenvalue weighted by molar-refractivity contribution is 0.297. The highest BCUT2D eigenvalue weighted by atomic mass is 127. The highest BCUT2D eigenvalue weighted by Crippen LogP contribution is 2.32. The Labute approximate surface area is 141 Å². The van der Waals surface area contributed by atoms with Gasteiger partial charge in [-0.25, -0.2) is 0 Å². The molecule has 0 heterocycles. The molecule has 1 nitrogen and oxygen atoms in total. The molecule has 0 aromatic heterocycles. The molecule has 0 amide bonds. The normalized spacial score (nSPS) is 11.5. The first-order chi connectivity index (χ1) is 9.90. The second kappa shape index (κ2) is 6.82. The highest BCUT2D eigenvalue weighted by molar-refractivity contribution is 14.1. The van der Waals surface area contributed by atoms with E-state index in [4.69, 9.17) is 4.74 Å². The van der Waals surface area contributed by atoms with E-state index in [1.54, 1.807) is 0 Å². The second-order valence-electron chi connectivity index (χ2n) is 6.35. The zero-order chi connectivity index (χ0) is 15.5. The smallest absolute Gasteiger partial charge is 0.123 e. The van der Waals surface area contributed by atoms with Gasteiger partial charge in [-0.3, -0.25) is 0 Å². The third-order valence-corrected chi connectivity index (χ3v) is 4.29. The van der Waals surface area contributed by atoms with Crippen molar-refractivity contribution in [1.29, 1.82) is 0 Å². The Bertz CT molecular complexity index is 594. The van der Waals surface area contributed by atoms with Crippen LogP contribution in [0.15, 0.2) is 42.5 Å². The summed E-state index contributed by atoms with van der Waals surface area (Å²) in [5.74, 6) is 0.998. The summed E-state index contributed by atoms with van der Waals surface area (Å²) in [6.45, 7) is 9.51. The fourth-order valence-electron chi connectivity index (χ4n) is 2.25. The summed E-state index contributed by atoms with van der Waals surface area (Å²) >= 11 is 2.32. The van der Waals surface area contributed by atoms with Gasteiger partial charge in [-0.1, -0.05) is 52.0 Å². The fraction of sp³-hybridized carbons (Fsp3) is 0.368. The molecule has 0 radical (unpaired) electrons. The van der Waals surface area contributed by atoms with E-state index in [-0.39, 0.29) is 5.41 Å². The van der Waals surface area contributed by atoms with Gasteiger partial charge in [-0.05, 0) is 69.3 Å². The summed E-state index contributed by atoms with van der Waals surface area (Å²) in [6.07, 6.45) is 1.06. The molecule has 0 saturated heterocycles. The summed E-state index contributed by atoms with van der Waals surface area (Å²) in [7, 11) is 0.